The van der Waals surface area contributed by atoms with Crippen molar-refractivity contribution >= 4 is 17.6 Å². The van der Waals surface area contributed by atoms with Crippen LogP contribution in [0.25, 0.3) is 0 Å². The standard InChI is InChI=1S/C20H25N3O5/c1-12(2)28-15-8-6-14(7-9-15)22-20(21)23-19(24)13-10-16(25-3)18(27-5)17(11-13)26-4/h6-12H,1-5H3,(H3,21,22,23,24). The summed E-state index contributed by atoms with van der Waals surface area (Å²) in [6.45, 7) is 3.89. The maximum absolute atomic E-state index is 12.5. The Kier molecular flexibility index (Phi) is 7.08. The molecular weight excluding hydrogens is 362 g/mol. The second-order valence-electron chi connectivity index (χ2n) is 6.03. The topological polar surface area (TPSA) is 104 Å². The van der Waals surface area contributed by atoms with E-state index < -0.39 is 5.91 Å². The number of hydrogen-bond acceptors (Lipinski definition) is 6. The zero-order valence-corrected chi connectivity index (χ0v) is 16.6. The van der Waals surface area contributed by atoms with Crippen LogP contribution in [-0.4, -0.2) is 39.3 Å². The largest absolute Gasteiger partial charge is 0.493 e. The molecule has 150 valence electrons. The molecule has 8 nitrogen and oxygen atoms in total. The third-order valence-corrected chi connectivity index (χ3v) is 3.63. The van der Waals surface area contributed by atoms with E-state index in [0.29, 0.717) is 22.9 Å². The lowest BCUT2D eigenvalue weighted by molar-refractivity contribution is 0.0976. The summed E-state index contributed by atoms with van der Waals surface area (Å²) >= 11 is 0. The molecule has 0 aliphatic rings. The first-order valence-electron chi connectivity index (χ1n) is 8.60. The van der Waals surface area contributed by atoms with Gasteiger partial charge in [-0.2, -0.15) is 0 Å². The number of rotatable bonds is 7. The van der Waals surface area contributed by atoms with Gasteiger partial charge >= 0.3 is 0 Å². The molecule has 0 unspecified atom stereocenters. The Bertz CT molecular complexity index is 822. The molecule has 3 N–H and O–H groups in total. The first-order valence-corrected chi connectivity index (χ1v) is 8.60. The van der Waals surface area contributed by atoms with Gasteiger partial charge in [0.25, 0.3) is 5.91 Å². The summed E-state index contributed by atoms with van der Waals surface area (Å²) in [6.07, 6.45) is 0.0807. The molecule has 28 heavy (non-hydrogen) atoms. The Morgan fingerprint density at radius 2 is 1.57 bits per heavy atom. The summed E-state index contributed by atoms with van der Waals surface area (Å²) in [7, 11) is 4.44. The van der Waals surface area contributed by atoms with Gasteiger partial charge in [0.15, 0.2) is 11.5 Å². The van der Waals surface area contributed by atoms with Crippen LogP contribution in [0.2, 0.25) is 0 Å². The number of carbonyl (C=O) groups is 1. The Balaban J connectivity index is 2.16. The van der Waals surface area contributed by atoms with Gasteiger partial charge < -0.3 is 24.7 Å². The number of guanidine groups is 1. The van der Waals surface area contributed by atoms with Gasteiger partial charge in [-0.15, -0.1) is 0 Å². The normalized spacial score (nSPS) is 11.1. The maximum atomic E-state index is 12.5. The third kappa shape index (κ3) is 5.29. The van der Waals surface area contributed by atoms with Crippen LogP contribution in [0.3, 0.4) is 0 Å². The highest BCUT2D eigenvalue weighted by molar-refractivity contribution is 6.06. The smallest absolute Gasteiger partial charge is 0.258 e. The quantitative estimate of drug-likeness (QED) is 0.559. The third-order valence-electron chi connectivity index (χ3n) is 3.63. The molecule has 1 amide bonds. The lowest BCUT2D eigenvalue weighted by atomic mass is 10.1. The number of hydrogen-bond donors (Lipinski definition) is 2. The van der Waals surface area contributed by atoms with Crippen LogP contribution in [0.1, 0.15) is 24.2 Å². The van der Waals surface area contributed by atoms with Crippen molar-refractivity contribution in [2.24, 2.45) is 10.7 Å². The zero-order chi connectivity index (χ0) is 20.7. The van der Waals surface area contributed by atoms with Crippen molar-refractivity contribution in [3.05, 3.63) is 42.0 Å². The molecule has 2 aromatic carbocycles. The monoisotopic (exact) mass is 387 g/mol. The molecule has 0 bridgehead atoms. The molecule has 0 spiro atoms. The number of nitrogens with two attached hydrogens (primary N) is 1. The summed E-state index contributed by atoms with van der Waals surface area (Å²) in [5, 5.41) is 2.54. The minimum atomic E-state index is -0.458. The molecule has 0 radical (unpaired) electrons. The van der Waals surface area contributed by atoms with Crippen molar-refractivity contribution in [1.82, 2.24) is 5.32 Å². The highest BCUT2D eigenvalue weighted by Gasteiger charge is 2.17. The van der Waals surface area contributed by atoms with E-state index in [1.165, 1.54) is 33.5 Å². The highest BCUT2D eigenvalue weighted by atomic mass is 16.5. The maximum Gasteiger partial charge on any atom is 0.258 e. The molecule has 0 atom stereocenters. The van der Waals surface area contributed by atoms with Crippen molar-refractivity contribution in [3.8, 4) is 23.0 Å². The number of carbonyl (C=O) groups excluding carboxylic acids is 1. The molecule has 0 aliphatic carbocycles. The predicted molar refractivity (Wildman–Crippen MR) is 107 cm³/mol. The number of nitrogens with one attached hydrogen (secondary N) is 1. The van der Waals surface area contributed by atoms with E-state index in [0.717, 1.165) is 5.75 Å². The van der Waals surface area contributed by atoms with E-state index in [-0.39, 0.29) is 17.6 Å². The molecule has 0 saturated carbocycles. The molecular formula is C20H25N3O5. The van der Waals surface area contributed by atoms with Crippen molar-refractivity contribution in [3.63, 3.8) is 0 Å². The van der Waals surface area contributed by atoms with E-state index in [9.17, 15) is 4.79 Å². The van der Waals surface area contributed by atoms with E-state index >= 15 is 0 Å². The Hall–Kier alpha value is -3.42. The SMILES string of the molecule is COc1cc(C(=O)NC(N)=Nc2ccc(OC(C)C)cc2)cc(OC)c1OC. The van der Waals surface area contributed by atoms with E-state index in [4.69, 9.17) is 24.7 Å². The van der Waals surface area contributed by atoms with Crippen molar-refractivity contribution in [2.75, 3.05) is 21.3 Å². The van der Waals surface area contributed by atoms with Crippen molar-refractivity contribution in [2.45, 2.75) is 20.0 Å². The highest BCUT2D eigenvalue weighted by Crippen LogP contribution is 2.38. The molecule has 0 aliphatic heterocycles. The van der Waals surface area contributed by atoms with Crippen LogP contribution >= 0.6 is 0 Å². The van der Waals surface area contributed by atoms with Crippen LogP contribution in [0.4, 0.5) is 5.69 Å². The van der Waals surface area contributed by atoms with E-state index in [1.54, 1.807) is 24.3 Å². The second kappa shape index (κ2) is 9.50. The number of amides is 1. The Morgan fingerprint density at radius 3 is 2.04 bits per heavy atom. The average Bonchev–Trinajstić information content (AvgIpc) is 2.67. The Morgan fingerprint density at radius 1 is 1.00 bits per heavy atom. The minimum Gasteiger partial charge on any atom is -0.493 e. The molecule has 8 heteroatoms. The number of aliphatic imine (C=N–C) groups is 1. The molecule has 0 fully saturated rings. The number of ether oxygens (including phenoxy) is 4. The predicted octanol–water partition coefficient (Wildman–Crippen LogP) is 2.88. The first-order chi connectivity index (χ1) is 13.4. The van der Waals surface area contributed by atoms with Gasteiger partial charge in [-0.05, 0) is 50.2 Å². The lowest BCUT2D eigenvalue weighted by Crippen LogP contribution is -2.36. The molecule has 0 saturated heterocycles. The van der Waals surface area contributed by atoms with Crippen LogP contribution in [0, 0.1) is 0 Å². The molecule has 2 aromatic rings. The zero-order valence-electron chi connectivity index (χ0n) is 16.6. The van der Waals surface area contributed by atoms with Crippen molar-refractivity contribution in [1.29, 1.82) is 0 Å². The first kappa shape index (κ1) is 20.9. The lowest BCUT2D eigenvalue weighted by Gasteiger charge is -2.14. The van der Waals surface area contributed by atoms with Gasteiger partial charge in [-0.3, -0.25) is 10.1 Å². The van der Waals surface area contributed by atoms with Crippen LogP contribution < -0.4 is 30.0 Å². The summed E-state index contributed by atoms with van der Waals surface area (Å²) < 4.78 is 21.3. The number of benzene rings is 2. The van der Waals surface area contributed by atoms with E-state index in [1.807, 2.05) is 13.8 Å². The number of nitrogens with zero attached hydrogens (tertiary/aromatic N) is 1. The van der Waals surface area contributed by atoms with Gasteiger partial charge in [-0.25, -0.2) is 4.99 Å². The van der Waals surface area contributed by atoms with Crippen molar-refractivity contribution < 1.29 is 23.7 Å². The molecule has 0 aromatic heterocycles. The van der Waals surface area contributed by atoms with Crippen LogP contribution in [0.5, 0.6) is 23.0 Å². The summed E-state index contributed by atoms with van der Waals surface area (Å²) in [5.74, 6) is 1.35. The summed E-state index contributed by atoms with van der Waals surface area (Å²) in [4.78, 5) is 16.7. The minimum absolute atomic E-state index is 0.0451. The van der Waals surface area contributed by atoms with E-state index in [2.05, 4.69) is 10.3 Å². The fourth-order valence-electron chi connectivity index (χ4n) is 2.44. The summed E-state index contributed by atoms with van der Waals surface area (Å²) in [5.41, 5.74) is 6.73. The van der Waals surface area contributed by atoms with Gasteiger partial charge in [0, 0.05) is 5.56 Å². The fraction of sp³-hybridized carbons (Fsp3) is 0.300. The Labute approximate surface area is 164 Å². The second-order valence-corrected chi connectivity index (χ2v) is 6.03. The van der Waals surface area contributed by atoms with Gasteiger partial charge in [-0.1, -0.05) is 0 Å². The fourth-order valence-corrected chi connectivity index (χ4v) is 2.44. The number of methoxy groups -OCH3 is 3. The molecule has 2 rings (SSSR count). The average molecular weight is 387 g/mol. The van der Waals surface area contributed by atoms with Crippen LogP contribution in [0.15, 0.2) is 41.4 Å². The molecule has 0 heterocycles. The summed E-state index contributed by atoms with van der Waals surface area (Å²) in [6, 6.07) is 10.1. The van der Waals surface area contributed by atoms with Gasteiger partial charge in [0.2, 0.25) is 11.7 Å². The van der Waals surface area contributed by atoms with Crippen LogP contribution in [-0.2, 0) is 0 Å². The van der Waals surface area contributed by atoms with Gasteiger partial charge in [0.1, 0.15) is 5.75 Å². The van der Waals surface area contributed by atoms with Gasteiger partial charge in [0.05, 0.1) is 33.1 Å².